The summed E-state index contributed by atoms with van der Waals surface area (Å²) in [6, 6.07) is 25.8. The average molecular weight is 524 g/mol. The van der Waals surface area contributed by atoms with Crippen molar-refractivity contribution in [1.29, 1.82) is 5.26 Å². The predicted octanol–water partition coefficient (Wildman–Crippen LogP) is 8.38. The van der Waals surface area contributed by atoms with E-state index in [9.17, 15) is 10.1 Å². The molecule has 0 saturated heterocycles. The van der Waals surface area contributed by atoms with Crippen LogP contribution in [-0.4, -0.2) is 5.97 Å². The van der Waals surface area contributed by atoms with Crippen LogP contribution in [0.3, 0.4) is 0 Å². The van der Waals surface area contributed by atoms with Crippen molar-refractivity contribution in [3.8, 4) is 17.6 Å². The van der Waals surface area contributed by atoms with Crippen molar-refractivity contribution in [2.24, 2.45) is 17.3 Å². The van der Waals surface area contributed by atoms with Crippen LogP contribution in [0.2, 0.25) is 5.02 Å². The Bertz CT molecular complexity index is 1270. The number of benzene rings is 3. The Morgan fingerprint density at radius 2 is 1.74 bits per heavy atom. The molecule has 0 amide bonds. The number of hydrogen-bond acceptors (Lipinski definition) is 5. The third-order valence-corrected chi connectivity index (χ3v) is 7.44. The highest BCUT2D eigenvalue weighted by molar-refractivity contribution is 8.04. The number of allylic oxidation sites excluding steroid dienone is 1. The van der Waals surface area contributed by atoms with Gasteiger partial charge in [-0.3, -0.25) is 4.79 Å². The fraction of sp³-hybridized carbons (Fsp3) is 0.214. The minimum absolute atomic E-state index is 0.0885. The summed E-state index contributed by atoms with van der Waals surface area (Å²) in [6.45, 7) is 3.99. The number of esters is 1. The molecular formula is C28H23Cl2NO3S. The van der Waals surface area contributed by atoms with Crippen molar-refractivity contribution < 1.29 is 14.3 Å². The van der Waals surface area contributed by atoms with Crippen molar-refractivity contribution in [2.45, 2.75) is 24.8 Å². The third-order valence-electron chi connectivity index (χ3n) is 6.00. The van der Waals surface area contributed by atoms with E-state index in [-0.39, 0.29) is 17.3 Å². The summed E-state index contributed by atoms with van der Waals surface area (Å²) in [7, 11) is 0. The summed E-state index contributed by atoms with van der Waals surface area (Å²) in [6.07, 6.45) is 0.851. The van der Waals surface area contributed by atoms with Crippen LogP contribution in [0, 0.1) is 28.6 Å². The molecule has 35 heavy (non-hydrogen) atoms. The molecule has 1 aliphatic rings. The van der Waals surface area contributed by atoms with Crippen molar-refractivity contribution in [3.05, 3.63) is 99.9 Å². The number of carbonyl (C=O) groups excluding carboxylic acids is 1. The summed E-state index contributed by atoms with van der Waals surface area (Å²) in [5.74, 6) is 0.343. The van der Waals surface area contributed by atoms with Crippen molar-refractivity contribution in [2.75, 3.05) is 0 Å². The second-order valence-corrected chi connectivity index (χ2v) is 11.0. The molecule has 1 aliphatic carbocycles. The highest BCUT2D eigenvalue weighted by atomic mass is 35.5. The maximum Gasteiger partial charge on any atom is 0.311 e. The van der Waals surface area contributed by atoms with Crippen LogP contribution >= 0.6 is 35.0 Å². The molecule has 178 valence electrons. The van der Waals surface area contributed by atoms with E-state index in [4.69, 9.17) is 32.7 Å². The van der Waals surface area contributed by atoms with Gasteiger partial charge < -0.3 is 9.47 Å². The zero-order chi connectivity index (χ0) is 25.0. The molecule has 0 aromatic heterocycles. The van der Waals surface area contributed by atoms with Gasteiger partial charge in [-0.05, 0) is 59.9 Å². The Labute approximate surface area is 219 Å². The molecule has 0 radical (unpaired) electrons. The lowest BCUT2D eigenvalue weighted by Gasteiger charge is -2.13. The summed E-state index contributed by atoms with van der Waals surface area (Å²) < 4.78 is 12.1. The molecule has 1 fully saturated rings. The number of hydrogen-bond donors (Lipinski definition) is 0. The molecule has 3 aromatic carbocycles. The van der Waals surface area contributed by atoms with Gasteiger partial charge in [-0.15, -0.1) is 0 Å². The maximum atomic E-state index is 13.0. The van der Waals surface area contributed by atoms with Crippen LogP contribution in [0.25, 0.3) is 0 Å². The largest absolute Gasteiger partial charge is 0.457 e. The minimum Gasteiger partial charge on any atom is -0.457 e. The van der Waals surface area contributed by atoms with Gasteiger partial charge in [0.15, 0.2) is 0 Å². The summed E-state index contributed by atoms with van der Waals surface area (Å²) >= 11 is 13.8. The van der Waals surface area contributed by atoms with Crippen LogP contribution in [0.5, 0.6) is 11.5 Å². The van der Waals surface area contributed by atoms with Gasteiger partial charge in [0, 0.05) is 15.5 Å². The van der Waals surface area contributed by atoms with E-state index in [1.807, 2.05) is 62.4 Å². The zero-order valence-electron chi connectivity index (χ0n) is 19.2. The number of ether oxygens (including phenoxy) is 2. The quantitative estimate of drug-likeness (QED) is 0.219. The number of rotatable bonds is 8. The average Bonchev–Trinajstić information content (AvgIpc) is 3.38. The van der Waals surface area contributed by atoms with Crippen LogP contribution < -0.4 is 4.74 Å². The number of nitrogens with zero attached hydrogens (tertiary/aromatic N) is 1. The second-order valence-electron chi connectivity index (χ2n) is 8.79. The van der Waals surface area contributed by atoms with Gasteiger partial charge in [-0.2, -0.15) is 5.26 Å². The molecule has 3 aromatic rings. The van der Waals surface area contributed by atoms with E-state index in [1.54, 1.807) is 36.4 Å². The van der Waals surface area contributed by atoms with E-state index >= 15 is 0 Å². The molecule has 0 heterocycles. The van der Waals surface area contributed by atoms with Crippen LogP contribution in [0.1, 0.15) is 25.5 Å². The molecular weight excluding hydrogens is 501 g/mol. The van der Waals surface area contributed by atoms with Crippen molar-refractivity contribution in [1.82, 2.24) is 0 Å². The number of carbonyl (C=O) groups is 1. The second kappa shape index (κ2) is 10.8. The van der Waals surface area contributed by atoms with Gasteiger partial charge in [-0.1, -0.05) is 85.2 Å². The Kier molecular flexibility index (Phi) is 7.76. The molecule has 0 aliphatic heterocycles. The van der Waals surface area contributed by atoms with Crippen molar-refractivity contribution in [3.63, 3.8) is 0 Å². The first kappa shape index (κ1) is 25.2. The number of para-hydroxylation sites is 1. The summed E-state index contributed by atoms with van der Waals surface area (Å²) in [5.41, 5.74) is 0.229. The summed E-state index contributed by atoms with van der Waals surface area (Å²) in [5, 5.41) is 10.4. The maximum absolute atomic E-state index is 13.0. The fourth-order valence-electron chi connectivity index (χ4n) is 3.95. The first-order chi connectivity index (χ1) is 16.8. The highest BCUT2D eigenvalue weighted by Gasteiger charge is 2.62. The van der Waals surface area contributed by atoms with E-state index in [1.165, 1.54) is 11.8 Å². The van der Waals surface area contributed by atoms with Gasteiger partial charge in [0.05, 0.1) is 10.3 Å². The molecule has 4 nitrogen and oxygen atoms in total. The van der Waals surface area contributed by atoms with E-state index < -0.39 is 12.1 Å². The van der Waals surface area contributed by atoms with E-state index in [2.05, 4.69) is 6.07 Å². The molecule has 7 heteroatoms. The van der Waals surface area contributed by atoms with Gasteiger partial charge >= 0.3 is 5.97 Å². The molecule has 3 atom stereocenters. The molecule has 0 N–H and O–H groups in total. The summed E-state index contributed by atoms with van der Waals surface area (Å²) in [4.78, 5) is 14.0. The van der Waals surface area contributed by atoms with E-state index in [0.717, 1.165) is 4.90 Å². The number of thioether (sulfide) groups is 1. The van der Waals surface area contributed by atoms with Crippen LogP contribution in [0.4, 0.5) is 0 Å². The molecule has 1 saturated carbocycles. The Morgan fingerprint density at radius 1 is 1.06 bits per heavy atom. The normalized spacial score (nSPS) is 19.3. The Hall–Kier alpha value is -2.91. The van der Waals surface area contributed by atoms with Gasteiger partial charge in [-0.25, -0.2) is 0 Å². The SMILES string of the molecule is CC1(C)[C@H](C(=O)OC(C#N)c2cccc(Oc3ccccc3)c2)[C@@H]1C=C(Cl)Sc1ccc(Cl)cc1. The number of nitriles is 1. The monoisotopic (exact) mass is 523 g/mol. The fourth-order valence-corrected chi connectivity index (χ4v) is 5.19. The first-order valence-corrected chi connectivity index (χ1v) is 12.6. The molecule has 4 rings (SSSR count). The molecule has 0 spiro atoms. The predicted molar refractivity (Wildman–Crippen MR) is 139 cm³/mol. The van der Waals surface area contributed by atoms with Gasteiger partial charge in [0.2, 0.25) is 6.10 Å². The third kappa shape index (κ3) is 6.21. The van der Waals surface area contributed by atoms with Crippen LogP contribution in [-0.2, 0) is 9.53 Å². The molecule has 1 unspecified atom stereocenters. The lowest BCUT2D eigenvalue weighted by atomic mass is 10.1. The highest BCUT2D eigenvalue weighted by Crippen LogP contribution is 2.60. The van der Waals surface area contributed by atoms with Gasteiger partial charge in [0.1, 0.15) is 17.6 Å². The first-order valence-electron chi connectivity index (χ1n) is 11.0. The van der Waals surface area contributed by atoms with E-state index in [0.29, 0.717) is 26.4 Å². The van der Waals surface area contributed by atoms with Crippen LogP contribution in [0.15, 0.2) is 94.2 Å². The standard InChI is InChI=1S/C28H23Cl2NO3S/c1-28(2)23(16-25(30)35-22-13-11-19(29)12-14-22)26(28)27(32)34-24(17-31)18-7-6-10-21(15-18)33-20-8-4-3-5-9-20/h3-16,23-24,26H,1-2H3/t23-,24?,26-/m0/s1. The number of halogens is 2. The Balaban J connectivity index is 1.42. The minimum atomic E-state index is -1.04. The smallest absolute Gasteiger partial charge is 0.311 e. The Morgan fingerprint density at radius 3 is 2.43 bits per heavy atom. The topological polar surface area (TPSA) is 59.3 Å². The lowest BCUT2D eigenvalue weighted by molar-refractivity contribution is -0.149. The lowest BCUT2D eigenvalue weighted by Crippen LogP contribution is -2.14. The zero-order valence-corrected chi connectivity index (χ0v) is 21.5. The van der Waals surface area contributed by atoms with Crippen molar-refractivity contribution >= 4 is 40.9 Å². The van der Waals surface area contributed by atoms with Gasteiger partial charge in [0.25, 0.3) is 0 Å². The molecule has 0 bridgehead atoms.